The maximum atomic E-state index is 13.2. The molecule has 118 valence electrons. The molecule has 0 amide bonds. The molecule has 0 spiro atoms. The van der Waals surface area contributed by atoms with Gasteiger partial charge in [-0.05, 0) is 35.4 Å². The van der Waals surface area contributed by atoms with Crippen LogP contribution < -0.4 is 10.1 Å². The van der Waals surface area contributed by atoms with Crippen molar-refractivity contribution < 1.29 is 23.0 Å². The van der Waals surface area contributed by atoms with E-state index >= 15 is 0 Å². The Morgan fingerprint density at radius 1 is 1.00 bits per heavy atom. The Bertz CT molecular complexity index is 603. The standard InChI is InChI=1S/C16H16F3NO2/c17-15-6-3-12(7-13(15)10-21)9-20-8-11-1-4-14(5-2-11)22-16(18)19/h1-7,16,20-21H,8-10H2. The Labute approximate surface area is 126 Å². The average Bonchev–Trinajstić information content (AvgIpc) is 2.50. The lowest BCUT2D eigenvalue weighted by atomic mass is 10.1. The number of benzene rings is 2. The van der Waals surface area contributed by atoms with Crippen LogP contribution in [-0.2, 0) is 19.7 Å². The first kappa shape index (κ1) is 16.3. The van der Waals surface area contributed by atoms with Crippen molar-refractivity contribution in [2.75, 3.05) is 0 Å². The minimum Gasteiger partial charge on any atom is -0.435 e. The molecule has 0 atom stereocenters. The predicted octanol–water partition coefficient (Wildman–Crippen LogP) is 3.21. The molecule has 6 heteroatoms. The van der Waals surface area contributed by atoms with Crippen molar-refractivity contribution in [1.82, 2.24) is 5.32 Å². The normalized spacial score (nSPS) is 11.0. The lowest BCUT2D eigenvalue weighted by molar-refractivity contribution is -0.0498. The molecule has 0 unspecified atom stereocenters. The lowest BCUT2D eigenvalue weighted by Crippen LogP contribution is -2.13. The Morgan fingerprint density at radius 3 is 2.27 bits per heavy atom. The summed E-state index contributed by atoms with van der Waals surface area (Å²) in [6, 6.07) is 10.9. The topological polar surface area (TPSA) is 41.5 Å². The number of aliphatic hydroxyl groups excluding tert-OH is 1. The summed E-state index contributed by atoms with van der Waals surface area (Å²) in [6.07, 6.45) is 0. The van der Waals surface area contributed by atoms with E-state index in [2.05, 4.69) is 10.1 Å². The van der Waals surface area contributed by atoms with Crippen molar-refractivity contribution in [3.63, 3.8) is 0 Å². The largest absolute Gasteiger partial charge is 0.435 e. The van der Waals surface area contributed by atoms with Crippen LogP contribution >= 0.6 is 0 Å². The van der Waals surface area contributed by atoms with Crippen molar-refractivity contribution in [3.05, 3.63) is 65.0 Å². The highest BCUT2D eigenvalue weighted by Gasteiger charge is 2.04. The summed E-state index contributed by atoms with van der Waals surface area (Å²) in [7, 11) is 0. The maximum Gasteiger partial charge on any atom is 0.387 e. The number of rotatable bonds is 7. The van der Waals surface area contributed by atoms with Crippen molar-refractivity contribution in [1.29, 1.82) is 0 Å². The Morgan fingerprint density at radius 2 is 1.64 bits per heavy atom. The maximum absolute atomic E-state index is 13.2. The van der Waals surface area contributed by atoms with Crippen molar-refractivity contribution in [2.24, 2.45) is 0 Å². The van der Waals surface area contributed by atoms with E-state index in [1.165, 1.54) is 18.2 Å². The summed E-state index contributed by atoms with van der Waals surface area (Å²) >= 11 is 0. The second-order valence-electron chi connectivity index (χ2n) is 4.71. The quantitative estimate of drug-likeness (QED) is 0.825. The Balaban J connectivity index is 1.85. The van der Waals surface area contributed by atoms with Crippen LogP contribution in [0.2, 0.25) is 0 Å². The Kier molecular flexibility index (Phi) is 5.80. The van der Waals surface area contributed by atoms with Gasteiger partial charge in [0.1, 0.15) is 11.6 Å². The van der Waals surface area contributed by atoms with Gasteiger partial charge in [0.2, 0.25) is 0 Å². The van der Waals surface area contributed by atoms with Crippen LogP contribution in [0.15, 0.2) is 42.5 Å². The molecular weight excluding hydrogens is 295 g/mol. The fraction of sp³-hybridized carbons (Fsp3) is 0.250. The molecule has 0 aliphatic rings. The van der Waals surface area contributed by atoms with Gasteiger partial charge in [0.15, 0.2) is 0 Å². The minimum absolute atomic E-state index is 0.116. The van der Waals surface area contributed by atoms with E-state index in [0.29, 0.717) is 13.1 Å². The first-order chi connectivity index (χ1) is 10.6. The number of hydrogen-bond donors (Lipinski definition) is 2. The summed E-state index contributed by atoms with van der Waals surface area (Å²) < 4.78 is 41.6. The number of aliphatic hydroxyl groups is 1. The second-order valence-corrected chi connectivity index (χ2v) is 4.71. The van der Waals surface area contributed by atoms with E-state index in [4.69, 9.17) is 5.11 Å². The van der Waals surface area contributed by atoms with Crippen LogP contribution in [0.3, 0.4) is 0 Å². The zero-order valence-electron chi connectivity index (χ0n) is 11.7. The molecule has 0 radical (unpaired) electrons. The summed E-state index contributed by atoms with van der Waals surface area (Å²) in [5.41, 5.74) is 2.02. The van der Waals surface area contributed by atoms with Gasteiger partial charge in [-0.25, -0.2) is 4.39 Å². The Hall–Kier alpha value is -2.05. The molecule has 2 aromatic carbocycles. The lowest BCUT2D eigenvalue weighted by Gasteiger charge is -2.08. The summed E-state index contributed by atoms with van der Waals surface area (Å²) in [4.78, 5) is 0. The number of hydrogen-bond acceptors (Lipinski definition) is 3. The molecule has 0 bridgehead atoms. The van der Waals surface area contributed by atoms with Crippen LogP contribution in [0.5, 0.6) is 5.75 Å². The molecule has 0 aliphatic heterocycles. The van der Waals surface area contributed by atoms with Crippen LogP contribution in [0.1, 0.15) is 16.7 Å². The van der Waals surface area contributed by atoms with E-state index in [9.17, 15) is 13.2 Å². The minimum atomic E-state index is -2.83. The van der Waals surface area contributed by atoms with E-state index in [0.717, 1.165) is 11.1 Å². The van der Waals surface area contributed by atoms with Gasteiger partial charge in [0.05, 0.1) is 6.61 Å². The van der Waals surface area contributed by atoms with Gasteiger partial charge in [0, 0.05) is 18.7 Å². The average molecular weight is 311 g/mol. The molecule has 0 saturated heterocycles. The van der Waals surface area contributed by atoms with Gasteiger partial charge in [-0.2, -0.15) is 8.78 Å². The number of ether oxygens (including phenoxy) is 1. The third-order valence-corrected chi connectivity index (χ3v) is 3.09. The highest BCUT2D eigenvalue weighted by Crippen LogP contribution is 2.15. The first-order valence-corrected chi connectivity index (χ1v) is 6.71. The highest BCUT2D eigenvalue weighted by molar-refractivity contribution is 5.28. The van der Waals surface area contributed by atoms with Crippen LogP contribution in [0.4, 0.5) is 13.2 Å². The van der Waals surface area contributed by atoms with Gasteiger partial charge < -0.3 is 15.2 Å². The van der Waals surface area contributed by atoms with Gasteiger partial charge in [-0.15, -0.1) is 0 Å². The second kappa shape index (κ2) is 7.82. The van der Waals surface area contributed by atoms with Crippen molar-refractivity contribution in [3.8, 4) is 5.75 Å². The molecule has 0 fully saturated rings. The third-order valence-electron chi connectivity index (χ3n) is 3.09. The summed E-state index contributed by atoms with van der Waals surface area (Å²) in [6.45, 7) is -2.14. The first-order valence-electron chi connectivity index (χ1n) is 6.71. The van der Waals surface area contributed by atoms with Gasteiger partial charge in [-0.3, -0.25) is 0 Å². The zero-order chi connectivity index (χ0) is 15.9. The monoisotopic (exact) mass is 311 g/mol. The molecular formula is C16H16F3NO2. The van der Waals surface area contributed by atoms with E-state index in [1.54, 1.807) is 24.3 Å². The summed E-state index contributed by atoms with van der Waals surface area (Å²) in [5, 5.41) is 12.2. The zero-order valence-corrected chi connectivity index (χ0v) is 11.7. The molecule has 0 aromatic heterocycles. The molecule has 0 aliphatic carbocycles. The summed E-state index contributed by atoms with van der Waals surface area (Å²) in [5.74, 6) is -0.314. The molecule has 0 heterocycles. The van der Waals surface area contributed by atoms with Crippen LogP contribution in [0, 0.1) is 5.82 Å². The molecule has 2 aromatic rings. The SMILES string of the molecule is OCc1cc(CNCc2ccc(OC(F)F)cc2)ccc1F. The van der Waals surface area contributed by atoms with Gasteiger partial charge in [0.25, 0.3) is 0 Å². The van der Waals surface area contributed by atoms with Gasteiger partial charge >= 0.3 is 6.61 Å². The predicted molar refractivity (Wildman–Crippen MR) is 75.9 cm³/mol. The van der Waals surface area contributed by atoms with Crippen molar-refractivity contribution in [2.45, 2.75) is 26.3 Å². The molecule has 2 rings (SSSR count). The number of alkyl halides is 2. The molecule has 0 saturated carbocycles. The smallest absolute Gasteiger partial charge is 0.387 e. The molecule has 3 nitrogen and oxygen atoms in total. The van der Waals surface area contributed by atoms with E-state index in [-0.39, 0.29) is 17.9 Å². The van der Waals surface area contributed by atoms with Crippen LogP contribution in [0.25, 0.3) is 0 Å². The number of halogens is 3. The van der Waals surface area contributed by atoms with Gasteiger partial charge in [-0.1, -0.05) is 18.2 Å². The van der Waals surface area contributed by atoms with E-state index < -0.39 is 12.4 Å². The number of nitrogens with one attached hydrogen (secondary N) is 1. The fourth-order valence-corrected chi connectivity index (χ4v) is 2.00. The molecule has 22 heavy (non-hydrogen) atoms. The van der Waals surface area contributed by atoms with E-state index in [1.807, 2.05) is 0 Å². The van der Waals surface area contributed by atoms with Crippen LogP contribution in [-0.4, -0.2) is 11.7 Å². The fourth-order valence-electron chi connectivity index (χ4n) is 2.00. The highest BCUT2D eigenvalue weighted by atomic mass is 19.3. The molecule has 2 N–H and O–H groups in total. The third kappa shape index (κ3) is 4.75. The van der Waals surface area contributed by atoms with Crippen molar-refractivity contribution >= 4 is 0 Å².